The molecule has 0 saturated carbocycles. The molecule has 1 N–H and O–H groups in total. The highest BCUT2D eigenvalue weighted by atomic mass is 32.2. The molecule has 0 aliphatic rings. The first-order valence-electron chi connectivity index (χ1n) is 4.55. The zero-order valence-electron chi connectivity index (χ0n) is 8.45. The van der Waals surface area contributed by atoms with E-state index in [1.54, 1.807) is 0 Å². The van der Waals surface area contributed by atoms with Crippen LogP contribution in [-0.2, 0) is 7.05 Å². The number of nitrogens with one attached hydrogen (secondary N) is 1. The number of aryl methyl sites for hydroxylation is 1. The summed E-state index contributed by atoms with van der Waals surface area (Å²) in [6.45, 7) is 2.20. The van der Waals surface area contributed by atoms with Gasteiger partial charge in [0, 0.05) is 29.9 Å². The SMILES string of the molecule is CCC(CSc1cnn(C)c1)NC. The highest BCUT2D eigenvalue weighted by Crippen LogP contribution is 2.17. The van der Waals surface area contributed by atoms with E-state index in [1.165, 1.54) is 11.3 Å². The van der Waals surface area contributed by atoms with Crippen LogP contribution >= 0.6 is 11.8 Å². The number of rotatable bonds is 5. The zero-order chi connectivity index (χ0) is 9.68. The summed E-state index contributed by atoms with van der Waals surface area (Å²) in [6.07, 6.45) is 5.13. The molecule has 0 radical (unpaired) electrons. The van der Waals surface area contributed by atoms with Crippen molar-refractivity contribution < 1.29 is 0 Å². The Morgan fingerprint density at radius 1 is 1.69 bits per heavy atom. The Hall–Kier alpha value is -0.480. The van der Waals surface area contributed by atoms with Crippen molar-refractivity contribution in [1.29, 1.82) is 0 Å². The van der Waals surface area contributed by atoms with Gasteiger partial charge in [-0.15, -0.1) is 11.8 Å². The predicted molar refractivity (Wildman–Crippen MR) is 57.1 cm³/mol. The summed E-state index contributed by atoms with van der Waals surface area (Å²) in [7, 11) is 3.96. The fourth-order valence-corrected chi connectivity index (χ4v) is 2.22. The first-order chi connectivity index (χ1) is 6.26. The minimum absolute atomic E-state index is 0.602. The molecule has 0 aliphatic heterocycles. The van der Waals surface area contributed by atoms with E-state index in [-0.39, 0.29) is 0 Å². The van der Waals surface area contributed by atoms with Crippen LogP contribution in [0.5, 0.6) is 0 Å². The van der Waals surface area contributed by atoms with Gasteiger partial charge in [-0.1, -0.05) is 6.92 Å². The predicted octanol–water partition coefficient (Wildman–Crippen LogP) is 1.51. The van der Waals surface area contributed by atoms with Crippen molar-refractivity contribution in [2.24, 2.45) is 7.05 Å². The molecule has 1 heterocycles. The molecule has 0 spiro atoms. The average molecular weight is 199 g/mol. The fraction of sp³-hybridized carbons (Fsp3) is 0.667. The van der Waals surface area contributed by atoms with Crippen LogP contribution in [0.3, 0.4) is 0 Å². The summed E-state index contributed by atoms with van der Waals surface area (Å²) in [5, 5.41) is 7.40. The van der Waals surface area contributed by atoms with Gasteiger partial charge in [0.1, 0.15) is 0 Å². The molecular weight excluding hydrogens is 182 g/mol. The Kier molecular flexibility index (Phi) is 4.32. The molecule has 1 aromatic rings. The Bertz CT molecular complexity index is 243. The van der Waals surface area contributed by atoms with Crippen LogP contribution in [0.15, 0.2) is 17.3 Å². The van der Waals surface area contributed by atoms with Gasteiger partial charge in [0.25, 0.3) is 0 Å². The molecule has 0 fully saturated rings. The van der Waals surface area contributed by atoms with E-state index in [0.29, 0.717) is 6.04 Å². The van der Waals surface area contributed by atoms with E-state index in [2.05, 4.69) is 17.3 Å². The summed E-state index contributed by atoms with van der Waals surface area (Å²) in [6, 6.07) is 0.602. The summed E-state index contributed by atoms with van der Waals surface area (Å²) in [4.78, 5) is 1.25. The lowest BCUT2D eigenvalue weighted by atomic mass is 10.3. The number of aromatic nitrogens is 2. The number of hydrogen-bond donors (Lipinski definition) is 1. The normalized spacial score (nSPS) is 13.2. The fourth-order valence-electron chi connectivity index (χ4n) is 1.08. The maximum atomic E-state index is 4.12. The lowest BCUT2D eigenvalue weighted by molar-refractivity contribution is 0.602. The lowest BCUT2D eigenvalue weighted by Gasteiger charge is -2.11. The van der Waals surface area contributed by atoms with Crippen LogP contribution < -0.4 is 5.32 Å². The van der Waals surface area contributed by atoms with Crippen molar-refractivity contribution in [3.05, 3.63) is 12.4 Å². The molecule has 0 saturated heterocycles. The van der Waals surface area contributed by atoms with Crippen molar-refractivity contribution in [2.45, 2.75) is 24.3 Å². The molecule has 1 unspecified atom stereocenters. The Morgan fingerprint density at radius 2 is 2.46 bits per heavy atom. The Labute approximate surface area is 83.9 Å². The molecule has 0 aromatic carbocycles. The first kappa shape index (κ1) is 10.6. The Balaban J connectivity index is 2.33. The van der Waals surface area contributed by atoms with Crippen LogP contribution in [0.1, 0.15) is 13.3 Å². The van der Waals surface area contributed by atoms with Gasteiger partial charge >= 0.3 is 0 Å². The molecule has 74 valence electrons. The van der Waals surface area contributed by atoms with Gasteiger partial charge in [-0.25, -0.2) is 0 Å². The smallest absolute Gasteiger partial charge is 0.0625 e. The van der Waals surface area contributed by atoms with Gasteiger partial charge < -0.3 is 5.32 Å². The second kappa shape index (κ2) is 5.29. The lowest BCUT2D eigenvalue weighted by Crippen LogP contribution is -2.26. The summed E-state index contributed by atoms with van der Waals surface area (Å²) < 4.78 is 1.84. The Morgan fingerprint density at radius 3 is 2.92 bits per heavy atom. The maximum Gasteiger partial charge on any atom is 0.0625 e. The molecule has 3 nitrogen and oxygen atoms in total. The standard InChI is InChI=1S/C9H17N3S/c1-4-8(10-2)7-13-9-5-11-12(3)6-9/h5-6,8,10H,4,7H2,1-3H3. The zero-order valence-corrected chi connectivity index (χ0v) is 9.27. The summed E-state index contributed by atoms with van der Waals surface area (Å²) >= 11 is 1.85. The van der Waals surface area contributed by atoms with Gasteiger partial charge in [-0.05, 0) is 13.5 Å². The summed E-state index contributed by atoms with van der Waals surface area (Å²) in [5.41, 5.74) is 0. The van der Waals surface area contributed by atoms with Crippen molar-refractivity contribution in [1.82, 2.24) is 15.1 Å². The molecule has 1 aromatic heterocycles. The molecule has 13 heavy (non-hydrogen) atoms. The molecule has 0 amide bonds. The average Bonchev–Trinajstić information content (AvgIpc) is 2.53. The van der Waals surface area contributed by atoms with Crippen molar-refractivity contribution >= 4 is 11.8 Å². The van der Waals surface area contributed by atoms with E-state index in [0.717, 1.165) is 5.75 Å². The maximum absolute atomic E-state index is 4.12. The van der Waals surface area contributed by atoms with Crippen molar-refractivity contribution in [3.8, 4) is 0 Å². The van der Waals surface area contributed by atoms with E-state index < -0.39 is 0 Å². The highest BCUT2D eigenvalue weighted by molar-refractivity contribution is 7.99. The second-order valence-electron chi connectivity index (χ2n) is 3.05. The number of thioether (sulfide) groups is 1. The number of nitrogens with zero attached hydrogens (tertiary/aromatic N) is 2. The number of hydrogen-bond acceptors (Lipinski definition) is 3. The highest BCUT2D eigenvalue weighted by Gasteiger charge is 2.04. The monoisotopic (exact) mass is 199 g/mol. The minimum atomic E-state index is 0.602. The third kappa shape index (κ3) is 3.40. The van der Waals surface area contributed by atoms with E-state index in [4.69, 9.17) is 0 Å². The third-order valence-corrected chi connectivity index (χ3v) is 3.15. The molecule has 0 bridgehead atoms. The molecule has 4 heteroatoms. The topological polar surface area (TPSA) is 29.9 Å². The van der Waals surface area contributed by atoms with E-state index >= 15 is 0 Å². The van der Waals surface area contributed by atoms with Crippen molar-refractivity contribution in [3.63, 3.8) is 0 Å². The molecule has 0 aliphatic carbocycles. The molecule has 1 atom stereocenters. The van der Waals surface area contributed by atoms with Crippen LogP contribution in [0.4, 0.5) is 0 Å². The van der Waals surface area contributed by atoms with Gasteiger partial charge in [0.15, 0.2) is 0 Å². The first-order valence-corrected chi connectivity index (χ1v) is 5.53. The molecule has 1 rings (SSSR count). The van der Waals surface area contributed by atoms with E-state index in [1.807, 2.05) is 42.9 Å². The van der Waals surface area contributed by atoms with Crippen molar-refractivity contribution in [2.75, 3.05) is 12.8 Å². The quantitative estimate of drug-likeness (QED) is 0.729. The van der Waals surface area contributed by atoms with Crippen LogP contribution in [-0.4, -0.2) is 28.6 Å². The van der Waals surface area contributed by atoms with Gasteiger partial charge in [0.05, 0.1) is 6.20 Å². The second-order valence-corrected chi connectivity index (χ2v) is 4.15. The third-order valence-electron chi connectivity index (χ3n) is 2.03. The van der Waals surface area contributed by atoms with Crippen LogP contribution in [0, 0.1) is 0 Å². The minimum Gasteiger partial charge on any atom is -0.316 e. The van der Waals surface area contributed by atoms with Gasteiger partial charge in [-0.2, -0.15) is 5.10 Å². The van der Waals surface area contributed by atoms with Crippen LogP contribution in [0.25, 0.3) is 0 Å². The van der Waals surface area contributed by atoms with Gasteiger partial charge in [0.2, 0.25) is 0 Å². The molecular formula is C9H17N3S. The van der Waals surface area contributed by atoms with E-state index in [9.17, 15) is 0 Å². The summed E-state index contributed by atoms with van der Waals surface area (Å²) in [5.74, 6) is 1.11. The largest absolute Gasteiger partial charge is 0.316 e. The van der Waals surface area contributed by atoms with Gasteiger partial charge in [-0.3, -0.25) is 4.68 Å². The van der Waals surface area contributed by atoms with Crippen LogP contribution in [0.2, 0.25) is 0 Å².